The Balaban J connectivity index is 2.24. The van der Waals surface area contributed by atoms with E-state index in [1.165, 1.54) is 0 Å². The Labute approximate surface area is 144 Å². The lowest BCUT2D eigenvalue weighted by atomic mass is 10.0. The molecule has 1 aromatic heterocycles. The molecule has 1 aliphatic heterocycles. The lowest BCUT2D eigenvalue weighted by Crippen LogP contribution is -2.51. The van der Waals surface area contributed by atoms with Crippen molar-refractivity contribution in [2.24, 2.45) is 0 Å². The molecule has 0 unspecified atom stereocenters. The Hall–Kier alpha value is -2.84. The van der Waals surface area contributed by atoms with Crippen LogP contribution in [0.1, 0.15) is 42.1 Å². The van der Waals surface area contributed by atoms with Gasteiger partial charge in [0.2, 0.25) is 0 Å². The van der Waals surface area contributed by atoms with Crippen molar-refractivity contribution >= 4 is 18.0 Å². The number of nitrogens with one attached hydrogen (secondary N) is 2. The summed E-state index contributed by atoms with van der Waals surface area (Å²) in [6.45, 7) is 6.64. The summed E-state index contributed by atoms with van der Waals surface area (Å²) >= 11 is 0. The summed E-state index contributed by atoms with van der Waals surface area (Å²) in [6, 6.07) is -0.983. The molecule has 0 bridgehead atoms. The Morgan fingerprint density at radius 2 is 1.92 bits per heavy atom. The van der Waals surface area contributed by atoms with Crippen molar-refractivity contribution in [1.29, 1.82) is 0 Å². The molecule has 2 amide bonds. The maximum absolute atomic E-state index is 12.2. The number of aryl methyl sites for hydroxylation is 2. The number of hydrogen-bond acceptors (Lipinski definition) is 7. The molecule has 0 aliphatic carbocycles. The average molecular weight is 351 g/mol. The Bertz CT molecular complexity index is 702. The van der Waals surface area contributed by atoms with Gasteiger partial charge in [0.15, 0.2) is 0 Å². The quantitative estimate of drug-likeness (QED) is 0.742. The molecule has 1 aliphatic rings. The first-order valence-electron chi connectivity index (χ1n) is 7.96. The number of esters is 2. The van der Waals surface area contributed by atoms with Crippen LogP contribution in [0.5, 0.6) is 0 Å². The summed E-state index contributed by atoms with van der Waals surface area (Å²) in [5, 5.41) is 8.85. The fourth-order valence-corrected chi connectivity index (χ4v) is 2.56. The molecule has 0 saturated heterocycles. The van der Waals surface area contributed by atoms with Gasteiger partial charge in [0, 0.05) is 0 Å². The summed E-state index contributed by atoms with van der Waals surface area (Å²) in [7, 11) is 0. The summed E-state index contributed by atoms with van der Waals surface area (Å²) in [5.74, 6) is -0.874. The van der Waals surface area contributed by atoms with Gasteiger partial charge in [-0.25, -0.2) is 14.4 Å². The number of ether oxygens (including phenoxy) is 2. The number of aromatic nitrogens is 1. The average Bonchev–Trinajstić information content (AvgIpc) is 2.90. The van der Waals surface area contributed by atoms with Gasteiger partial charge in [-0.1, -0.05) is 12.1 Å². The van der Waals surface area contributed by atoms with Crippen molar-refractivity contribution in [1.82, 2.24) is 15.8 Å². The molecule has 0 radical (unpaired) electrons. The number of rotatable bonds is 6. The maximum atomic E-state index is 12.2. The molecule has 2 heterocycles. The van der Waals surface area contributed by atoms with Crippen molar-refractivity contribution < 1.29 is 28.4 Å². The van der Waals surface area contributed by atoms with E-state index < -0.39 is 24.0 Å². The van der Waals surface area contributed by atoms with Crippen LogP contribution in [-0.2, 0) is 14.3 Å². The van der Waals surface area contributed by atoms with Crippen LogP contribution in [0.2, 0.25) is 0 Å². The van der Waals surface area contributed by atoms with Gasteiger partial charge in [-0.3, -0.25) is 0 Å². The molecule has 0 saturated carbocycles. The van der Waals surface area contributed by atoms with Crippen molar-refractivity contribution in [2.75, 3.05) is 13.2 Å². The maximum Gasteiger partial charge on any atom is 0.344 e. The van der Waals surface area contributed by atoms with E-state index in [2.05, 4.69) is 15.8 Å². The summed E-state index contributed by atoms with van der Waals surface area (Å²) in [5.41, 5.74) is 1.08. The number of amides is 2. The fourth-order valence-electron chi connectivity index (χ4n) is 2.56. The topological polar surface area (TPSA) is 120 Å². The highest BCUT2D eigenvalue weighted by Gasteiger charge is 2.32. The van der Waals surface area contributed by atoms with Gasteiger partial charge >= 0.3 is 18.0 Å². The first-order chi connectivity index (χ1) is 11.9. The first kappa shape index (κ1) is 18.5. The first-order valence-corrected chi connectivity index (χ1v) is 7.96. The van der Waals surface area contributed by atoms with Gasteiger partial charge in [-0.15, -0.1) is 0 Å². The van der Waals surface area contributed by atoms with Crippen molar-refractivity contribution in [3.63, 3.8) is 0 Å². The summed E-state index contributed by atoms with van der Waals surface area (Å²) in [4.78, 5) is 36.2. The van der Waals surface area contributed by atoms with E-state index in [1.54, 1.807) is 20.8 Å². The molecule has 1 atom stereocenters. The molecule has 0 aromatic carbocycles. The molecular weight excluding hydrogens is 330 g/mol. The van der Waals surface area contributed by atoms with E-state index >= 15 is 0 Å². The third kappa shape index (κ3) is 3.98. The van der Waals surface area contributed by atoms with Crippen LogP contribution >= 0.6 is 0 Å². The van der Waals surface area contributed by atoms with Crippen molar-refractivity contribution in [2.45, 2.75) is 40.2 Å². The van der Waals surface area contributed by atoms with Crippen LogP contribution in [0.4, 0.5) is 4.79 Å². The van der Waals surface area contributed by atoms with E-state index in [-0.39, 0.29) is 30.0 Å². The zero-order valence-corrected chi connectivity index (χ0v) is 14.6. The monoisotopic (exact) mass is 351 g/mol. The third-order valence-corrected chi connectivity index (χ3v) is 3.73. The van der Waals surface area contributed by atoms with Crippen LogP contribution < -0.4 is 10.6 Å². The lowest BCUT2D eigenvalue weighted by Gasteiger charge is -2.28. The zero-order valence-electron chi connectivity index (χ0n) is 14.6. The minimum absolute atomic E-state index is 0.193. The van der Waals surface area contributed by atoms with E-state index in [0.29, 0.717) is 17.9 Å². The second-order valence-corrected chi connectivity index (χ2v) is 5.45. The predicted octanol–water partition coefficient (Wildman–Crippen LogP) is 1.36. The van der Waals surface area contributed by atoms with Gasteiger partial charge in [-0.05, 0) is 27.2 Å². The zero-order chi connectivity index (χ0) is 18.6. The van der Waals surface area contributed by atoms with Crippen molar-refractivity contribution in [3.05, 3.63) is 28.3 Å². The minimum Gasteiger partial charge on any atom is -0.463 e. The van der Waals surface area contributed by atoms with Gasteiger partial charge in [-0.2, -0.15) is 0 Å². The van der Waals surface area contributed by atoms with Crippen LogP contribution in [0.25, 0.3) is 0 Å². The van der Waals surface area contributed by atoms with E-state index in [4.69, 9.17) is 14.0 Å². The lowest BCUT2D eigenvalue weighted by molar-refractivity contribution is -0.139. The van der Waals surface area contributed by atoms with Crippen LogP contribution in [0.3, 0.4) is 0 Å². The number of hydrogen-bond donors (Lipinski definition) is 2. The predicted molar refractivity (Wildman–Crippen MR) is 85.7 cm³/mol. The van der Waals surface area contributed by atoms with E-state index in [1.807, 2.05) is 6.92 Å². The normalized spacial score (nSPS) is 17.0. The van der Waals surface area contributed by atoms with Crippen LogP contribution in [0, 0.1) is 13.8 Å². The highest BCUT2D eigenvalue weighted by atomic mass is 16.5. The fraction of sp³-hybridized carbons (Fsp3) is 0.500. The highest BCUT2D eigenvalue weighted by Crippen LogP contribution is 2.19. The van der Waals surface area contributed by atoms with Crippen LogP contribution in [0.15, 0.2) is 15.8 Å². The molecule has 9 nitrogen and oxygen atoms in total. The second-order valence-electron chi connectivity index (χ2n) is 5.45. The van der Waals surface area contributed by atoms with Gasteiger partial charge in [0.1, 0.15) is 17.9 Å². The van der Waals surface area contributed by atoms with Gasteiger partial charge in [0.05, 0.1) is 29.6 Å². The smallest absolute Gasteiger partial charge is 0.344 e. The highest BCUT2D eigenvalue weighted by molar-refractivity contribution is 5.95. The molecule has 2 rings (SSSR count). The molecular formula is C16H21N3O6. The number of urea groups is 1. The Morgan fingerprint density at radius 1 is 1.20 bits per heavy atom. The SMILES string of the molecule is CCOC(=O)C1=C(COC(=O)c2c(C)noc2C)NC(=O)N[C@@H]1CC. The molecule has 25 heavy (non-hydrogen) atoms. The molecule has 9 heteroatoms. The molecule has 1 aromatic rings. The molecule has 2 N–H and O–H groups in total. The molecule has 136 valence electrons. The molecule has 0 spiro atoms. The second kappa shape index (κ2) is 7.82. The Kier molecular flexibility index (Phi) is 5.79. The number of nitrogens with zero attached hydrogens (tertiary/aromatic N) is 1. The largest absolute Gasteiger partial charge is 0.463 e. The molecule has 0 fully saturated rings. The standard InChI is InChI=1S/C16H21N3O6/c1-5-10-13(15(21)23-6-2)11(18-16(22)17-10)7-24-14(20)12-8(3)19-25-9(12)4/h10H,5-7H2,1-4H3,(H2,17,18,22)/t10-/m1/s1. The summed E-state index contributed by atoms with van der Waals surface area (Å²) in [6.07, 6.45) is 0.489. The minimum atomic E-state index is -0.646. The number of carbonyl (C=O) groups is 3. The Morgan fingerprint density at radius 3 is 2.48 bits per heavy atom. The summed E-state index contributed by atoms with van der Waals surface area (Å²) < 4.78 is 15.2. The van der Waals surface area contributed by atoms with E-state index in [0.717, 1.165) is 0 Å². The van der Waals surface area contributed by atoms with Gasteiger partial charge < -0.3 is 24.6 Å². The van der Waals surface area contributed by atoms with Crippen LogP contribution in [-0.4, -0.2) is 42.4 Å². The van der Waals surface area contributed by atoms with Crippen molar-refractivity contribution in [3.8, 4) is 0 Å². The third-order valence-electron chi connectivity index (χ3n) is 3.73. The van der Waals surface area contributed by atoms with Gasteiger partial charge in [0.25, 0.3) is 0 Å². The number of carbonyl (C=O) groups excluding carboxylic acids is 3. The van der Waals surface area contributed by atoms with E-state index in [9.17, 15) is 14.4 Å².